The second-order valence-corrected chi connectivity index (χ2v) is 1.07. The van der Waals surface area contributed by atoms with E-state index in [1.165, 1.54) is 0 Å². The third-order valence-corrected chi connectivity index (χ3v) is 0.446. The number of carboxylic acid groups (broad SMARTS) is 1. The summed E-state index contributed by atoms with van der Waals surface area (Å²) in [6.07, 6.45) is -1.23. The maximum absolute atomic E-state index is 9.51. The van der Waals surface area contributed by atoms with Crippen LogP contribution >= 0.6 is 0 Å². The zero-order valence-corrected chi connectivity index (χ0v) is 4.44. The molecule has 8 heavy (non-hydrogen) atoms. The lowest BCUT2D eigenvalue weighted by Gasteiger charge is -1.99. The van der Waals surface area contributed by atoms with Gasteiger partial charge in [0.25, 0.3) is 0 Å². The number of hydrogen-bond acceptors (Lipinski definition) is 2. The number of quaternary nitrogens is 1. The van der Waals surface area contributed by atoms with Crippen LogP contribution in [0.25, 0.3) is 0 Å². The summed E-state index contributed by atoms with van der Waals surface area (Å²) in [4.78, 5) is 9.51. The van der Waals surface area contributed by atoms with Gasteiger partial charge in [-0.05, 0) is 0 Å². The molecule has 0 unspecified atom stereocenters. The van der Waals surface area contributed by atoms with Gasteiger partial charge in [0.1, 0.15) is 6.09 Å². The summed E-state index contributed by atoms with van der Waals surface area (Å²) >= 11 is 0. The Morgan fingerprint density at radius 3 is 2.38 bits per heavy atom. The Labute approximate surface area is 46.8 Å². The number of rotatable bonds is 2. The Balaban J connectivity index is 0. The van der Waals surface area contributed by atoms with Gasteiger partial charge < -0.3 is 26.4 Å². The van der Waals surface area contributed by atoms with Crippen molar-refractivity contribution in [3.8, 4) is 0 Å². The summed E-state index contributed by atoms with van der Waals surface area (Å²) < 4.78 is 0. The SMILES string of the molecule is O.[NH3+]CCNC(=O)[O-]. The first-order valence-corrected chi connectivity index (χ1v) is 2.01. The Morgan fingerprint density at radius 1 is 1.75 bits per heavy atom. The zero-order valence-electron chi connectivity index (χ0n) is 4.44. The number of hydrogen-bond donors (Lipinski definition) is 2. The molecule has 0 aromatic heterocycles. The highest BCUT2D eigenvalue weighted by atomic mass is 16.4. The molecule has 0 fully saturated rings. The predicted molar refractivity (Wildman–Crippen MR) is 24.8 cm³/mol. The van der Waals surface area contributed by atoms with E-state index in [0.717, 1.165) is 0 Å². The Hall–Kier alpha value is -0.810. The van der Waals surface area contributed by atoms with Crippen molar-refractivity contribution in [1.82, 2.24) is 5.32 Å². The van der Waals surface area contributed by atoms with E-state index >= 15 is 0 Å². The van der Waals surface area contributed by atoms with Crippen LogP contribution in [0.5, 0.6) is 0 Å². The summed E-state index contributed by atoms with van der Waals surface area (Å²) in [5, 5.41) is 11.5. The molecule has 0 aromatic carbocycles. The zero-order chi connectivity index (χ0) is 5.70. The number of nitrogens with one attached hydrogen (secondary N) is 1. The summed E-state index contributed by atoms with van der Waals surface area (Å²) in [7, 11) is 0. The molecule has 6 N–H and O–H groups in total. The lowest BCUT2D eigenvalue weighted by Crippen LogP contribution is -2.56. The molecular weight excluding hydrogens is 112 g/mol. The van der Waals surface area contributed by atoms with E-state index in [1.54, 1.807) is 0 Å². The van der Waals surface area contributed by atoms with E-state index < -0.39 is 6.09 Å². The molecule has 0 bridgehead atoms. The minimum absolute atomic E-state index is 0. The summed E-state index contributed by atoms with van der Waals surface area (Å²) in [6, 6.07) is 0. The average Bonchev–Trinajstić information content (AvgIpc) is 1.61. The topological polar surface area (TPSA) is 111 Å². The van der Waals surface area contributed by atoms with Gasteiger partial charge in [-0.1, -0.05) is 0 Å². The maximum Gasteiger partial charge on any atom is 0.134 e. The highest BCUT2D eigenvalue weighted by Crippen LogP contribution is 1.47. The quantitative estimate of drug-likeness (QED) is 0.393. The van der Waals surface area contributed by atoms with E-state index in [9.17, 15) is 9.90 Å². The van der Waals surface area contributed by atoms with Crippen molar-refractivity contribution in [1.29, 1.82) is 0 Å². The monoisotopic (exact) mass is 122 g/mol. The molecule has 1 amide bonds. The summed E-state index contributed by atoms with van der Waals surface area (Å²) in [6.45, 7) is 0.941. The molecule has 0 heterocycles. The van der Waals surface area contributed by atoms with Gasteiger partial charge in [-0.2, -0.15) is 0 Å². The molecule has 5 heteroatoms. The molecule has 0 aliphatic heterocycles. The van der Waals surface area contributed by atoms with E-state index in [1.807, 2.05) is 5.32 Å². The highest BCUT2D eigenvalue weighted by molar-refractivity contribution is 5.61. The number of amides is 1. The van der Waals surface area contributed by atoms with Gasteiger partial charge in [0, 0.05) is 0 Å². The largest absolute Gasteiger partial charge is 0.530 e. The second-order valence-electron chi connectivity index (χ2n) is 1.07. The van der Waals surface area contributed by atoms with Crippen LogP contribution in [0.3, 0.4) is 0 Å². The summed E-state index contributed by atoms with van der Waals surface area (Å²) in [5.74, 6) is 0. The Bertz CT molecular complexity index is 65.5. The first-order chi connectivity index (χ1) is 3.27. The van der Waals surface area contributed by atoms with Crippen LogP contribution in [-0.4, -0.2) is 24.7 Å². The average molecular weight is 122 g/mol. The van der Waals surface area contributed by atoms with E-state index in [2.05, 4.69) is 5.73 Å². The van der Waals surface area contributed by atoms with Gasteiger partial charge in [-0.25, -0.2) is 0 Å². The fourth-order valence-electron chi connectivity index (χ4n) is 0.190. The van der Waals surface area contributed by atoms with Crippen molar-refractivity contribution in [2.75, 3.05) is 13.1 Å². The maximum atomic E-state index is 9.51. The standard InChI is InChI=1S/C3H8N2O2.H2O/c4-1-2-5-3(6)7;/h5H,1-2,4H2,(H,6,7);1H2. The molecule has 0 rings (SSSR count). The van der Waals surface area contributed by atoms with Gasteiger partial charge in [-0.15, -0.1) is 0 Å². The molecule has 0 saturated carbocycles. The molecule has 0 aliphatic rings. The second kappa shape index (κ2) is 6.19. The van der Waals surface area contributed by atoms with Crippen LogP contribution in [0.4, 0.5) is 4.79 Å². The highest BCUT2D eigenvalue weighted by Gasteiger charge is 1.78. The van der Waals surface area contributed by atoms with Gasteiger partial charge >= 0.3 is 0 Å². The molecule has 0 saturated heterocycles. The molecule has 0 spiro atoms. The van der Waals surface area contributed by atoms with Crippen molar-refractivity contribution in [2.45, 2.75) is 0 Å². The van der Waals surface area contributed by atoms with Crippen molar-refractivity contribution in [2.24, 2.45) is 0 Å². The van der Waals surface area contributed by atoms with Crippen molar-refractivity contribution < 1.29 is 21.1 Å². The van der Waals surface area contributed by atoms with Crippen LogP contribution < -0.4 is 16.2 Å². The van der Waals surface area contributed by atoms with Crippen molar-refractivity contribution in [3.05, 3.63) is 0 Å². The first-order valence-electron chi connectivity index (χ1n) is 2.01. The van der Waals surface area contributed by atoms with Gasteiger partial charge in [0.2, 0.25) is 0 Å². The fourth-order valence-corrected chi connectivity index (χ4v) is 0.190. The van der Waals surface area contributed by atoms with E-state index in [0.29, 0.717) is 13.1 Å². The molecule has 0 aromatic rings. The first kappa shape index (κ1) is 10.2. The van der Waals surface area contributed by atoms with Crippen molar-refractivity contribution >= 4 is 6.09 Å². The molecular formula is C3H10N2O3. The van der Waals surface area contributed by atoms with Gasteiger partial charge in [0.05, 0.1) is 13.1 Å². The van der Waals surface area contributed by atoms with Crippen LogP contribution in [0.2, 0.25) is 0 Å². The molecule has 5 nitrogen and oxygen atoms in total. The minimum Gasteiger partial charge on any atom is -0.530 e. The smallest absolute Gasteiger partial charge is 0.134 e. The van der Waals surface area contributed by atoms with Crippen LogP contribution in [0.15, 0.2) is 0 Å². The molecule has 50 valence electrons. The van der Waals surface area contributed by atoms with E-state index in [-0.39, 0.29) is 5.48 Å². The summed E-state index contributed by atoms with van der Waals surface area (Å²) in [5.41, 5.74) is 3.40. The van der Waals surface area contributed by atoms with Gasteiger partial charge in [-0.3, -0.25) is 0 Å². The lowest BCUT2D eigenvalue weighted by molar-refractivity contribution is -0.365. The van der Waals surface area contributed by atoms with Crippen LogP contribution in [-0.2, 0) is 0 Å². The number of carbonyl (C=O) groups is 1. The lowest BCUT2D eigenvalue weighted by atomic mass is 10.7. The molecule has 0 radical (unpaired) electrons. The Morgan fingerprint density at radius 2 is 2.25 bits per heavy atom. The predicted octanol–water partition coefficient (Wildman–Crippen LogP) is -3.66. The number of carbonyl (C=O) groups excluding carboxylic acids is 1. The van der Waals surface area contributed by atoms with E-state index in [4.69, 9.17) is 0 Å². The fraction of sp³-hybridized carbons (Fsp3) is 0.667. The van der Waals surface area contributed by atoms with Gasteiger partial charge in [0.15, 0.2) is 0 Å². The normalized spacial score (nSPS) is 7.12. The Kier molecular flexibility index (Phi) is 7.91. The molecule has 0 aliphatic carbocycles. The van der Waals surface area contributed by atoms with Crippen molar-refractivity contribution in [3.63, 3.8) is 0 Å². The third-order valence-electron chi connectivity index (χ3n) is 0.446. The molecule has 0 atom stereocenters. The van der Waals surface area contributed by atoms with Crippen LogP contribution in [0.1, 0.15) is 0 Å². The third kappa shape index (κ3) is 8.95. The van der Waals surface area contributed by atoms with Crippen LogP contribution in [0, 0.1) is 0 Å². The minimum atomic E-state index is -1.23.